The summed E-state index contributed by atoms with van der Waals surface area (Å²) in [6.45, 7) is 2.21. The number of nitrogens with one attached hydrogen (secondary N) is 2. The number of nitrogen functional groups attached to an aromatic ring is 1. The second-order valence-electron chi connectivity index (χ2n) is 8.77. The Morgan fingerprint density at radius 1 is 1.26 bits per heavy atom. The SMILES string of the molecule is CONC(=O)[C@@H]1[C@H](NC(=O)C(=NOC(C)(C)C(=O)OCc2ccc([N+](=O)[O-])cc2)c2csc(N)n2)C(=O)N1S(=O)(=O)[O-].[Na+]. The third-order valence-corrected chi connectivity index (χ3v) is 6.97. The number of hydrogen-bond donors (Lipinski definition) is 3. The van der Waals surface area contributed by atoms with E-state index in [1.807, 2.05) is 0 Å². The summed E-state index contributed by atoms with van der Waals surface area (Å²) in [5, 5.41) is 17.8. The van der Waals surface area contributed by atoms with Crippen LogP contribution < -0.4 is 46.1 Å². The van der Waals surface area contributed by atoms with Crippen molar-refractivity contribution in [1.29, 1.82) is 0 Å². The number of anilines is 1. The first-order valence-corrected chi connectivity index (χ1v) is 13.6. The van der Waals surface area contributed by atoms with Gasteiger partial charge in [-0.15, -0.1) is 11.3 Å². The van der Waals surface area contributed by atoms with Crippen LogP contribution in [0.25, 0.3) is 0 Å². The van der Waals surface area contributed by atoms with Crippen molar-refractivity contribution < 1.29 is 81.0 Å². The number of carbonyl (C=O) groups excluding carboxylic acids is 4. The van der Waals surface area contributed by atoms with Gasteiger partial charge in [0.15, 0.2) is 27.2 Å². The van der Waals surface area contributed by atoms with Gasteiger partial charge in [-0.2, -0.15) is 0 Å². The van der Waals surface area contributed by atoms with Crippen LogP contribution in [0.4, 0.5) is 10.8 Å². The first-order valence-electron chi connectivity index (χ1n) is 11.4. The number of thiazole rings is 1. The number of carbonyl (C=O) groups is 4. The molecular weight excluding hydrogens is 629 g/mol. The van der Waals surface area contributed by atoms with Gasteiger partial charge in [0, 0.05) is 17.5 Å². The number of esters is 1. The first-order chi connectivity index (χ1) is 19.6. The Kier molecular flexibility index (Phi) is 11.7. The smallest absolute Gasteiger partial charge is 0.731 e. The first kappa shape index (κ1) is 35.5. The van der Waals surface area contributed by atoms with Gasteiger partial charge in [-0.05, 0) is 31.5 Å². The number of hydroxylamine groups is 1. The standard InChI is InChI=1S/C21H23N7O12S2.Na/c1-21(2,19(32)39-8-10-4-6-11(7-5-10)28(33)34)40-25-13(12-9-41-20(22)23-12)16(29)24-14-15(17(30)26-38-3)27(18(14)31)42(35,36)37;/h4-7,9,14-15H,8H2,1-3H3,(H2,22,23)(H,24,29)(H,26,30)(H,35,36,37);/q;+1/p-1/t14-,15-;/m0./s1. The number of amides is 3. The van der Waals surface area contributed by atoms with E-state index in [-0.39, 0.29) is 57.0 Å². The van der Waals surface area contributed by atoms with E-state index < -0.39 is 62.3 Å². The van der Waals surface area contributed by atoms with Gasteiger partial charge in [0.05, 0.1) is 12.0 Å². The van der Waals surface area contributed by atoms with E-state index >= 15 is 0 Å². The molecule has 3 rings (SSSR count). The maximum absolute atomic E-state index is 13.1. The van der Waals surface area contributed by atoms with Crippen molar-refractivity contribution in [2.45, 2.75) is 38.1 Å². The average molecular weight is 652 g/mol. The van der Waals surface area contributed by atoms with E-state index in [1.54, 1.807) is 5.48 Å². The van der Waals surface area contributed by atoms with Gasteiger partial charge in [0.25, 0.3) is 23.4 Å². The van der Waals surface area contributed by atoms with Crippen LogP contribution in [0.3, 0.4) is 0 Å². The topological polar surface area (TPSA) is 275 Å². The third-order valence-electron chi connectivity index (χ3n) is 5.40. The van der Waals surface area contributed by atoms with Crippen molar-refractivity contribution in [3.05, 3.63) is 51.0 Å². The molecule has 22 heteroatoms. The van der Waals surface area contributed by atoms with Gasteiger partial charge in [-0.25, -0.2) is 28.0 Å². The summed E-state index contributed by atoms with van der Waals surface area (Å²) in [5.74, 6) is -4.81. The number of hydrogen-bond acceptors (Lipinski definition) is 16. The summed E-state index contributed by atoms with van der Waals surface area (Å²) in [5.41, 5.74) is 5.03. The predicted octanol–water partition coefficient (Wildman–Crippen LogP) is -4.29. The van der Waals surface area contributed by atoms with Crippen LogP contribution in [0.2, 0.25) is 0 Å². The van der Waals surface area contributed by atoms with Crippen molar-refractivity contribution in [2.24, 2.45) is 5.16 Å². The molecule has 4 N–H and O–H groups in total. The Bertz CT molecular complexity index is 1550. The van der Waals surface area contributed by atoms with Gasteiger partial charge < -0.3 is 25.2 Å². The largest absolute Gasteiger partial charge is 1.00 e. The number of oxime groups is 1. The van der Waals surface area contributed by atoms with Gasteiger partial charge in [-0.1, -0.05) is 5.16 Å². The number of β-lactam (4-membered cyclic amide) rings is 1. The summed E-state index contributed by atoms with van der Waals surface area (Å²) in [4.78, 5) is 74.2. The molecule has 226 valence electrons. The fraction of sp³-hybridized carbons (Fsp3) is 0.333. The monoisotopic (exact) mass is 651 g/mol. The average Bonchev–Trinajstić information content (AvgIpc) is 3.33. The molecule has 1 aliphatic heterocycles. The van der Waals surface area contributed by atoms with Crippen LogP contribution in [0.1, 0.15) is 25.1 Å². The fourth-order valence-electron chi connectivity index (χ4n) is 3.32. The Morgan fingerprint density at radius 3 is 2.40 bits per heavy atom. The minimum Gasteiger partial charge on any atom is -0.731 e. The molecule has 1 fully saturated rings. The summed E-state index contributed by atoms with van der Waals surface area (Å²) in [7, 11) is -4.42. The molecule has 43 heavy (non-hydrogen) atoms. The number of aromatic nitrogens is 1. The molecule has 2 aromatic rings. The Balaban J connectivity index is 0.00000645. The van der Waals surface area contributed by atoms with Crippen LogP contribution in [0, 0.1) is 10.1 Å². The van der Waals surface area contributed by atoms with Crippen LogP contribution in [0.5, 0.6) is 0 Å². The van der Waals surface area contributed by atoms with E-state index in [1.165, 1.54) is 43.5 Å². The molecule has 2 atom stereocenters. The number of nitrogens with zero attached hydrogens (tertiary/aromatic N) is 4. The predicted molar refractivity (Wildman–Crippen MR) is 139 cm³/mol. The van der Waals surface area contributed by atoms with Crippen molar-refractivity contribution in [1.82, 2.24) is 20.1 Å². The van der Waals surface area contributed by atoms with E-state index in [9.17, 15) is 42.3 Å². The molecular formula is C21H22N7NaO12S2. The van der Waals surface area contributed by atoms with E-state index in [2.05, 4.69) is 20.3 Å². The van der Waals surface area contributed by atoms with E-state index in [4.69, 9.17) is 15.3 Å². The summed E-state index contributed by atoms with van der Waals surface area (Å²) in [6, 6.07) is 1.39. The number of nitro benzene ring substituents is 1. The maximum Gasteiger partial charge on any atom is 1.00 e. The maximum atomic E-state index is 13.1. The number of rotatable bonds is 12. The number of nitrogens with two attached hydrogens (primary N) is 1. The molecule has 1 aromatic carbocycles. The quantitative estimate of drug-likeness (QED) is 0.0373. The van der Waals surface area contributed by atoms with Crippen molar-refractivity contribution in [3.63, 3.8) is 0 Å². The van der Waals surface area contributed by atoms with Crippen LogP contribution in [-0.4, -0.2) is 81.4 Å². The van der Waals surface area contributed by atoms with Crippen LogP contribution >= 0.6 is 11.3 Å². The van der Waals surface area contributed by atoms with Gasteiger partial charge >= 0.3 is 35.5 Å². The Morgan fingerprint density at radius 2 is 1.88 bits per heavy atom. The Labute approximate surface area is 269 Å². The molecule has 1 saturated heterocycles. The van der Waals surface area contributed by atoms with Crippen LogP contribution in [0.15, 0.2) is 34.8 Å². The summed E-state index contributed by atoms with van der Waals surface area (Å²) in [6.07, 6.45) is 0. The summed E-state index contributed by atoms with van der Waals surface area (Å²) < 4.78 is 39.3. The second-order valence-corrected chi connectivity index (χ2v) is 10.9. The zero-order chi connectivity index (χ0) is 31.4. The molecule has 1 aromatic heterocycles. The Hall–Kier alpha value is -3.73. The zero-order valence-electron chi connectivity index (χ0n) is 22.8. The van der Waals surface area contributed by atoms with Crippen LogP contribution in [-0.2, 0) is 50.5 Å². The number of non-ortho nitro benzene ring substituents is 1. The number of nitro groups is 1. The molecule has 0 saturated carbocycles. The molecule has 0 bridgehead atoms. The van der Waals surface area contributed by atoms with Gasteiger partial charge in [0.1, 0.15) is 18.3 Å². The normalized spacial score (nSPS) is 16.8. The van der Waals surface area contributed by atoms with Gasteiger partial charge in [0.2, 0.25) is 5.60 Å². The number of benzene rings is 1. The minimum absolute atomic E-state index is 0. The molecule has 0 spiro atoms. The van der Waals surface area contributed by atoms with Crippen molar-refractivity contribution in [3.8, 4) is 0 Å². The van der Waals surface area contributed by atoms with Crippen molar-refractivity contribution in [2.75, 3.05) is 12.8 Å². The number of ether oxygens (including phenoxy) is 1. The minimum atomic E-state index is -5.43. The van der Waals surface area contributed by atoms with E-state index in [0.29, 0.717) is 5.56 Å². The molecule has 19 nitrogen and oxygen atoms in total. The molecule has 0 unspecified atom stereocenters. The molecule has 1 aliphatic rings. The van der Waals surface area contributed by atoms with E-state index in [0.717, 1.165) is 18.4 Å². The molecule has 2 heterocycles. The molecule has 3 amide bonds. The van der Waals surface area contributed by atoms with Gasteiger partial charge in [-0.3, -0.25) is 29.3 Å². The zero-order valence-corrected chi connectivity index (χ0v) is 26.5. The molecule has 0 radical (unpaired) electrons. The van der Waals surface area contributed by atoms with Crippen molar-refractivity contribution >= 4 is 61.9 Å². The third kappa shape index (κ3) is 8.43. The molecule has 0 aliphatic carbocycles. The second kappa shape index (κ2) is 14.2. The fourth-order valence-corrected chi connectivity index (χ4v) is 4.69. The summed E-state index contributed by atoms with van der Waals surface area (Å²) >= 11 is 0.893.